The Bertz CT molecular complexity index is 391. The van der Waals surface area contributed by atoms with Crippen LogP contribution in [-0.4, -0.2) is 27.1 Å². The summed E-state index contributed by atoms with van der Waals surface area (Å²) in [5.74, 6) is 1.26. The van der Waals surface area contributed by atoms with Crippen LogP contribution in [0.3, 0.4) is 0 Å². The number of anilines is 1. The van der Waals surface area contributed by atoms with Crippen LogP contribution in [0.1, 0.15) is 55.2 Å². The van der Waals surface area contributed by atoms with Gasteiger partial charge in [0.15, 0.2) is 12.1 Å². The first-order valence-electron chi connectivity index (χ1n) is 6.05. The van der Waals surface area contributed by atoms with Crippen molar-refractivity contribution >= 4 is 12.2 Å². The SMILES string of the molecule is O=Cc1nnc(NC2CC2)n1C1CCCC1. The van der Waals surface area contributed by atoms with Crippen LogP contribution < -0.4 is 5.32 Å². The van der Waals surface area contributed by atoms with Crippen LogP contribution in [0.15, 0.2) is 0 Å². The Hall–Kier alpha value is -1.39. The number of rotatable bonds is 4. The predicted octanol–water partition coefficient (Wildman–Crippen LogP) is 1.78. The number of carbonyl (C=O) groups is 1. The van der Waals surface area contributed by atoms with Crippen molar-refractivity contribution in [2.45, 2.75) is 50.6 Å². The maximum Gasteiger partial charge on any atom is 0.225 e. The molecule has 1 heterocycles. The van der Waals surface area contributed by atoms with E-state index in [0.29, 0.717) is 17.9 Å². The summed E-state index contributed by atoms with van der Waals surface area (Å²) in [5, 5.41) is 11.4. The topological polar surface area (TPSA) is 59.8 Å². The molecule has 3 rings (SSSR count). The molecule has 16 heavy (non-hydrogen) atoms. The molecule has 0 saturated heterocycles. The number of hydrogen-bond donors (Lipinski definition) is 1. The minimum Gasteiger partial charge on any atom is -0.352 e. The van der Waals surface area contributed by atoms with Crippen LogP contribution >= 0.6 is 0 Å². The summed E-state index contributed by atoms with van der Waals surface area (Å²) < 4.78 is 2.00. The monoisotopic (exact) mass is 220 g/mol. The van der Waals surface area contributed by atoms with Crippen molar-refractivity contribution in [1.82, 2.24) is 14.8 Å². The highest BCUT2D eigenvalue weighted by molar-refractivity contribution is 5.70. The molecule has 2 saturated carbocycles. The number of nitrogens with zero attached hydrogens (tertiary/aromatic N) is 3. The molecule has 2 fully saturated rings. The van der Waals surface area contributed by atoms with Crippen molar-refractivity contribution in [3.05, 3.63) is 5.82 Å². The van der Waals surface area contributed by atoms with Crippen LogP contribution in [0.25, 0.3) is 0 Å². The van der Waals surface area contributed by atoms with Gasteiger partial charge in [0.1, 0.15) is 0 Å². The van der Waals surface area contributed by atoms with Gasteiger partial charge in [-0.15, -0.1) is 10.2 Å². The number of aldehydes is 1. The lowest BCUT2D eigenvalue weighted by Crippen LogP contribution is -2.14. The Kier molecular flexibility index (Phi) is 2.38. The van der Waals surface area contributed by atoms with Gasteiger partial charge in [-0.1, -0.05) is 12.8 Å². The summed E-state index contributed by atoms with van der Waals surface area (Å²) in [7, 11) is 0. The minimum atomic E-state index is 0.413. The molecule has 1 aromatic heterocycles. The van der Waals surface area contributed by atoms with E-state index < -0.39 is 0 Å². The van der Waals surface area contributed by atoms with E-state index in [1.807, 2.05) is 4.57 Å². The fourth-order valence-corrected chi connectivity index (χ4v) is 2.41. The molecule has 2 aliphatic rings. The van der Waals surface area contributed by atoms with E-state index >= 15 is 0 Å². The summed E-state index contributed by atoms with van der Waals surface area (Å²) in [6.07, 6.45) is 7.97. The molecule has 0 spiro atoms. The number of aromatic nitrogens is 3. The lowest BCUT2D eigenvalue weighted by atomic mass is 10.2. The molecule has 0 atom stereocenters. The molecule has 5 nitrogen and oxygen atoms in total. The van der Waals surface area contributed by atoms with E-state index in [2.05, 4.69) is 15.5 Å². The zero-order chi connectivity index (χ0) is 11.0. The van der Waals surface area contributed by atoms with Crippen LogP contribution in [0.4, 0.5) is 5.95 Å². The second kappa shape index (κ2) is 3.88. The summed E-state index contributed by atoms with van der Waals surface area (Å²) in [6.45, 7) is 0. The molecule has 0 aliphatic heterocycles. The molecule has 0 radical (unpaired) electrons. The summed E-state index contributed by atoms with van der Waals surface area (Å²) in [4.78, 5) is 10.9. The lowest BCUT2D eigenvalue weighted by molar-refractivity contribution is 0.110. The van der Waals surface area contributed by atoms with Gasteiger partial charge in [0.2, 0.25) is 5.95 Å². The van der Waals surface area contributed by atoms with Gasteiger partial charge >= 0.3 is 0 Å². The zero-order valence-corrected chi connectivity index (χ0v) is 9.22. The number of hydrogen-bond acceptors (Lipinski definition) is 4. The van der Waals surface area contributed by atoms with Crippen LogP contribution in [-0.2, 0) is 0 Å². The van der Waals surface area contributed by atoms with E-state index in [9.17, 15) is 4.79 Å². The highest BCUT2D eigenvalue weighted by Gasteiger charge is 2.27. The normalized spacial score (nSPS) is 21.2. The standard InChI is InChI=1S/C11H16N4O/c16-7-10-13-14-11(12-8-5-6-8)15(10)9-3-1-2-4-9/h7-9H,1-6H2,(H,12,14). The first-order chi connectivity index (χ1) is 7.88. The Morgan fingerprint density at radius 1 is 1.19 bits per heavy atom. The first-order valence-corrected chi connectivity index (χ1v) is 6.05. The Labute approximate surface area is 94.2 Å². The highest BCUT2D eigenvalue weighted by Crippen LogP contribution is 2.33. The first kappa shape index (κ1) is 9.81. The van der Waals surface area contributed by atoms with E-state index in [1.54, 1.807) is 0 Å². The van der Waals surface area contributed by atoms with E-state index in [0.717, 1.165) is 25.1 Å². The van der Waals surface area contributed by atoms with Crippen molar-refractivity contribution < 1.29 is 4.79 Å². The van der Waals surface area contributed by atoms with Gasteiger partial charge in [-0.2, -0.15) is 0 Å². The zero-order valence-electron chi connectivity index (χ0n) is 9.22. The number of carbonyl (C=O) groups excluding carboxylic acids is 1. The Balaban J connectivity index is 1.89. The third-order valence-electron chi connectivity index (χ3n) is 3.43. The maximum absolute atomic E-state index is 10.9. The quantitative estimate of drug-likeness (QED) is 0.786. The van der Waals surface area contributed by atoms with Crippen LogP contribution in [0, 0.1) is 0 Å². The number of nitrogens with one attached hydrogen (secondary N) is 1. The maximum atomic E-state index is 10.9. The van der Waals surface area contributed by atoms with Crippen molar-refractivity contribution in [3.8, 4) is 0 Å². The smallest absolute Gasteiger partial charge is 0.225 e. The molecule has 0 unspecified atom stereocenters. The van der Waals surface area contributed by atoms with Gasteiger partial charge in [0, 0.05) is 12.1 Å². The summed E-state index contributed by atoms with van der Waals surface area (Å²) in [5.41, 5.74) is 0. The average molecular weight is 220 g/mol. The van der Waals surface area contributed by atoms with Gasteiger partial charge in [-0.05, 0) is 25.7 Å². The van der Waals surface area contributed by atoms with Gasteiger partial charge in [-0.25, -0.2) is 0 Å². The summed E-state index contributed by atoms with van der Waals surface area (Å²) in [6, 6.07) is 0.959. The second-order valence-electron chi connectivity index (χ2n) is 4.73. The molecule has 5 heteroatoms. The summed E-state index contributed by atoms with van der Waals surface area (Å²) >= 11 is 0. The van der Waals surface area contributed by atoms with Crippen LogP contribution in [0.2, 0.25) is 0 Å². The van der Waals surface area contributed by atoms with Crippen LogP contribution in [0.5, 0.6) is 0 Å². The minimum absolute atomic E-state index is 0.413. The molecular formula is C11H16N4O. The fraction of sp³-hybridized carbons (Fsp3) is 0.727. The predicted molar refractivity (Wildman–Crippen MR) is 59.6 cm³/mol. The molecule has 0 amide bonds. The van der Waals surface area contributed by atoms with Crippen molar-refractivity contribution in [3.63, 3.8) is 0 Å². The van der Waals surface area contributed by atoms with Crippen molar-refractivity contribution in [1.29, 1.82) is 0 Å². The third-order valence-corrected chi connectivity index (χ3v) is 3.43. The average Bonchev–Trinajstić information content (AvgIpc) is 2.81. The lowest BCUT2D eigenvalue weighted by Gasteiger charge is -2.15. The molecule has 0 bridgehead atoms. The van der Waals surface area contributed by atoms with E-state index in [1.165, 1.54) is 25.7 Å². The molecule has 86 valence electrons. The van der Waals surface area contributed by atoms with Crippen molar-refractivity contribution in [2.24, 2.45) is 0 Å². The Morgan fingerprint density at radius 3 is 2.56 bits per heavy atom. The van der Waals surface area contributed by atoms with Gasteiger partial charge in [0.25, 0.3) is 0 Å². The fourth-order valence-electron chi connectivity index (χ4n) is 2.41. The molecule has 0 aromatic carbocycles. The van der Waals surface area contributed by atoms with Crippen molar-refractivity contribution in [2.75, 3.05) is 5.32 Å². The molecular weight excluding hydrogens is 204 g/mol. The highest BCUT2D eigenvalue weighted by atomic mass is 16.1. The second-order valence-corrected chi connectivity index (χ2v) is 4.73. The van der Waals surface area contributed by atoms with E-state index in [4.69, 9.17) is 0 Å². The molecule has 1 N–H and O–H groups in total. The van der Waals surface area contributed by atoms with Gasteiger partial charge in [-0.3, -0.25) is 9.36 Å². The van der Waals surface area contributed by atoms with E-state index in [-0.39, 0.29) is 0 Å². The largest absolute Gasteiger partial charge is 0.352 e. The molecule has 2 aliphatic carbocycles. The Morgan fingerprint density at radius 2 is 1.94 bits per heavy atom. The van der Waals surface area contributed by atoms with Gasteiger partial charge < -0.3 is 5.32 Å². The molecule has 1 aromatic rings. The third kappa shape index (κ3) is 1.70. The van der Waals surface area contributed by atoms with Gasteiger partial charge in [0.05, 0.1) is 0 Å².